The van der Waals surface area contributed by atoms with Crippen molar-refractivity contribution in [2.75, 3.05) is 36.0 Å². The molecule has 3 N–H and O–H groups in total. The summed E-state index contributed by atoms with van der Waals surface area (Å²) in [7, 11) is -4.06. The van der Waals surface area contributed by atoms with Crippen molar-refractivity contribution in [3.63, 3.8) is 0 Å². The minimum Gasteiger partial charge on any atom is -0.480 e. The maximum atomic E-state index is 12.6. The zero-order valence-corrected chi connectivity index (χ0v) is 21.0. The van der Waals surface area contributed by atoms with E-state index in [1.807, 2.05) is 12.1 Å². The van der Waals surface area contributed by atoms with Crippen LogP contribution in [0.15, 0.2) is 78.0 Å². The van der Waals surface area contributed by atoms with Crippen LogP contribution in [0.5, 0.6) is 0 Å². The number of carbonyl (C=O) groups excluding carboxylic acids is 1. The van der Waals surface area contributed by atoms with Crippen LogP contribution in [-0.2, 0) is 14.8 Å². The lowest BCUT2D eigenvalue weighted by molar-refractivity contribution is -0.138. The Hall–Kier alpha value is -4.03. The molecular weight excluding hydrogens is 496 g/mol. The number of aromatic nitrogens is 2. The van der Waals surface area contributed by atoms with Crippen LogP contribution < -0.4 is 19.8 Å². The second-order valence-electron chi connectivity index (χ2n) is 8.62. The standard InChI is InChI=1S/C25H28N6O5S/c1-18-17-30(25-26-12-5-13-27-25)14-15-31(18)20-10-8-19(9-11-20)23(32)28-16-22(24(33)34)29-37(35,36)21-6-3-2-4-7-21/h2-13,18,22,29H,14-17H2,1H3,(H,28,32)(H,33,34)/t18?,22-/m0/s1. The highest BCUT2D eigenvalue weighted by Gasteiger charge is 2.27. The minimum absolute atomic E-state index is 0.0606. The Kier molecular flexibility index (Phi) is 7.99. The van der Waals surface area contributed by atoms with Gasteiger partial charge in [0.1, 0.15) is 6.04 Å². The highest BCUT2D eigenvalue weighted by atomic mass is 32.2. The second kappa shape index (κ2) is 11.4. The zero-order chi connectivity index (χ0) is 26.4. The maximum Gasteiger partial charge on any atom is 0.323 e. The Labute approximate surface area is 215 Å². The Morgan fingerprint density at radius 2 is 1.70 bits per heavy atom. The van der Waals surface area contributed by atoms with Gasteiger partial charge in [-0.1, -0.05) is 18.2 Å². The summed E-state index contributed by atoms with van der Waals surface area (Å²) < 4.78 is 27.1. The van der Waals surface area contributed by atoms with Gasteiger partial charge >= 0.3 is 5.97 Å². The Morgan fingerprint density at radius 3 is 2.32 bits per heavy atom. The summed E-state index contributed by atoms with van der Waals surface area (Å²) in [6, 6.07) is 14.9. The van der Waals surface area contributed by atoms with Gasteiger partial charge in [-0.15, -0.1) is 0 Å². The van der Waals surface area contributed by atoms with E-state index in [-0.39, 0.29) is 10.9 Å². The van der Waals surface area contributed by atoms with Crippen molar-refractivity contribution in [1.29, 1.82) is 0 Å². The maximum absolute atomic E-state index is 12.6. The van der Waals surface area contributed by atoms with E-state index in [4.69, 9.17) is 0 Å². The number of carboxylic acids is 1. The van der Waals surface area contributed by atoms with E-state index in [1.54, 1.807) is 36.7 Å². The van der Waals surface area contributed by atoms with Gasteiger partial charge < -0.3 is 20.2 Å². The van der Waals surface area contributed by atoms with Crippen molar-refractivity contribution < 1.29 is 23.1 Å². The topological polar surface area (TPSA) is 145 Å². The molecule has 0 spiro atoms. The van der Waals surface area contributed by atoms with Crippen LogP contribution in [0.1, 0.15) is 17.3 Å². The summed E-state index contributed by atoms with van der Waals surface area (Å²) >= 11 is 0. The number of hydrogen-bond donors (Lipinski definition) is 3. The molecule has 1 fully saturated rings. The average Bonchev–Trinajstić information content (AvgIpc) is 2.91. The molecule has 12 heteroatoms. The summed E-state index contributed by atoms with van der Waals surface area (Å²) in [6.07, 6.45) is 3.44. The predicted molar refractivity (Wildman–Crippen MR) is 138 cm³/mol. The largest absolute Gasteiger partial charge is 0.480 e. The van der Waals surface area contributed by atoms with Crippen LogP contribution in [0.4, 0.5) is 11.6 Å². The predicted octanol–water partition coefficient (Wildman–Crippen LogP) is 1.35. The summed E-state index contributed by atoms with van der Waals surface area (Å²) in [5, 5.41) is 12.0. The molecule has 37 heavy (non-hydrogen) atoms. The number of piperazine rings is 1. The minimum atomic E-state index is -4.06. The van der Waals surface area contributed by atoms with Crippen LogP contribution in [0.3, 0.4) is 0 Å². The van der Waals surface area contributed by atoms with Gasteiger partial charge in [-0.3, -0.25) is 9.59 Å². The number of aliphatic carboxylic acids is 1. The third kappa shape index (κ3) is 6.40. The molecule has 0 radical (unpaired) electrons. The molecule has 1 aliphatic heterocycles. The number of amides is 1. The van der Waals surface area contributed by atoms with Crippen molar-refractivity contribution >= 4 is 33.5 Å². The number of carbonyl (C=O) groups is 2. The fraction of sp³-hybridized carbons (Fsp3) is 0.280. The van der Waals surface area contributed by atoms with Crippen molar-refractivity contribution in [2.24, 2.45) is 0 Å². The molecule has 1 amide bonds. The number of nitrogens with zero attached hydrogens (tertiary/aromatic N) is 4. The van der Waals surface area contributed by atoms with E-state index in [0.717, 1.165) is 25.3 Å². The molecule has 194 valence electrons. The highest BCUT2D eigenvalue weighted by Crippen LogP contribution is 2.23. The molecule has 2 atom stereocenters. The highest BCUT2D eigenvalue weighted by molar-refractivity contribution is 7.89. The van der Waals surface area contributed by atoms with Gasteiger partial charge in [-0.2, -0.15) is 4.72 Å². The number of anilines is 2. The molecule has 1 unspecified atom stereocenters. The lowest BCUT2D eigenvalue weighted by atomic mass is 10.1. The molecule has 0 saturated carbocycles. The number of carboxylic acid groups (broad SMARTS) is 1. The van der Waals surface area contributed by atoms with Crippen LogP contribution in [0.2, 0.25) is 0 Å². The van der Waals surface area contributed by atoms with Crippen molar-refractivity contribution in [2.45, 2.75) is 23.9 Å². The monoisotopic (exact) mass is 524 g/mol. The molecule has 11 nitrogen and oxygen atoms in total. The van der Waals surface area contributed by atoms with E-state index in [2.05, 4.69) is 36.7 Å². The first-order chi connectivity index (χ1) is 17.7. The first kappa shape index (κ1) is 26.0. The van der Waals surface area contributed by atoms with Gasteiger partial charge in [0.15, 0.2) is 0 Å². The van der Waals surface area contributed by atoms with E-state index in [9.17, 15) is 23.1 Å². The van der Waals surface area contributed by atoms with Gasteiger partial charge in [0.25, 0.3) is 5.91 Å². The van der Waals surface area contributed by atoms with Crippen LogP contribution in [0.25, 0.3) is 0 Å². The third-order valence-corrected chi connectivity index (χ3v) is 7.53. The van der Waals surface area contributed by atoms with Crippen molar-refractivity contribution in [3.05, 3.63) is 78.6 Å². The summed E-state index contributed by atoms with van der Waals surface area (Å²) in [6.45, 7) is 3.96. The molecule has 0 aliphatic carbocycles. The summed E-state index contributed by atoms with van der Waals surface area (Å²) in [5.74, 6) is -1.20. The first-order valence-electron chi connectivity index (χ1n) is 11.7. The van der Waals surface area contributed by atoms with E-state index in [1.165, 1.54) is 24.3 Å². The first-order valence-corrected chi connectivity index (χ1v) is 13.2. The fourth-order valence-corrected chi connectivity index (χ4v) is 5.32. The number of rotatable bonds is 9. The molecular formula is C25H28N6O5S. The summed E-state index contributed by atoms with van der Waals surface area (Å²) in [4.78, 5) is 37.2. The Bertz CT molecular complexity index is 1320. The molecule has 2 heterocycles. The number of sulfonamides is 1. The normalized spacial score (nSPS) is 16.7. The number of nitrogens with one attached hydrogen (secondary N) is 2. The second-order valence-corrected chi connectivity index (χ2v) is 10.3. The fourth-order valence-electron chi connectivity index (χ4n) is 4.11. The van der Waals surface area contributed by atoms with Gasteiger partial charge in [0, 0.05) is 55.9 Å². The van der Waals surface area contributed by atoms with E-state index in [0.29, 0.717) is 11.5 Å². The Balaban J connectivity index is 1.34. The van der Waals surface area contributed by atoms with Gasteiger partial charge in [-0.25, -0.2) is 18.4 Å². The van der Waals surface area contributed by atoms with Crippen LogP contribution in [-0.4, -0.2) is 73.6 Å². The smallest absolute Gasteiger partial charge is 0.323 e. The van der Waals surface area contributed by atoms with Crippen LogP contribution in [0, 0.1) is 0 Å². The zero-order valence-electron chi connectivity index (χ0n) is 20.2. The van der Waals surface area contributed by atoms with Gasteiger partial charge in [0.05, 0.1) is 4.90 Å². The quantitative estimate of drug-likeness (QED) is 0.378. The molecule has 1 aromatic heterocycles. The molecule has 0 bridgehead atoms. The third-order valence-electron chi connectivity index (χ3n) is 6.04. The van der Waals surface area contributed by atoms with Gasteiger partial charge in [0.2, 0.25) is 16.0 Å². The molecule has 1 saturated heterocycles. The molecule has 3 aromatic rings. The molecule has 1 aliphatic rings. The van der Waals surface area contributed by atoms with E-state index < -0.39 is 34.5 Å². The molecule has 2 aromatic carbocycles. The molecule has 4 rings (SSSR count). The van der Waals surface area contributed by atoms with E-state index >= 15 is 0 Å². The lowest BCUT2D eigenvalue weighted by Crippen LogP contribution is -2.52. The number of benzene rings is 2. The van der Waals surface area contributed by atoms with Gasteiger partial charge in [-0.05, 0) is 49.4 Å². The average molecular weight is 525 g/mol. The lowest BCUT2D eigenvalue weighted by Gasteiger charge is -2.41. The van der Waals surface area contributed by atoms with Crippen LogP contribution >= 0.6 is 0 Å². The van der Waals surface area contributed by atoms with Crippen molar-refractivity contribution in [1.82, 2.24) is 20.0 Å². The number of hydrogen-bond acceptors (Lipinski definition) is 8. The summed E-state index contributed by atoms with van der Waals surface area (Å²) in [5.41, 5.74) is 1.29. The van der Waals surface area contributed by atoms with Crippen molar-refractivity contribution in [3.8, 4) is 0 Å². The SMILES string of the molecule is CC1CN(c2ncccn2)CCN1c1ccc(C(=O)NC[C@H](NS(=O)(=O)c2ccccc2)C(=O)O)cc1. The Morgan fingerprint density at radius 1 is 1.03 bits per heavy atom.